The second-order valence-corrected chi connectivity index (χ2v) is 8.56. The Hall–Kier alpha value is -4.18. The van der Waals surface area contributed by atoms with E-state index in [2.05, 4.69) is 22.8 Å². The summed E-state index contributed by atoms with van der Waals surface area (Å²) in [5.74, 6) is -0.238. The van der Waals surface area contributed by atoms with Crippen LogP contribution in [0.4, 0.5) is 11.4 Å². The van der Waals surface area contributed by atoms with Crippen molar-refractivity contribution in [3.05, 3.63) is 118 Å². The number of fused-ring (bicyclic) bond motifs is 3. The van der Waals surface area contributed by atoms with Crippen LogP contribution in [0.5, 0.6) is 0 Å². The van der Waals surface area contributed by atoms with Gasteiger partial charge in [-0.05, 0) is 91.1 Å². The van der Waals surface area contributed by atoms with Gasteiger partial charge in [0.15, 0.2) is 0 Å². The van der Waals surface area contributed by atoms with Gasteiger partial charge in [0, 0.05) is 22.5 Å². The van der Waals surface area contributed by atoms with Gasteiger partial charge in [0.2, 0.25) is 0 Å². The Morgan fingerprint density at radius 1 is 0.576 bits per heavy atom. The molecule has 0 atom stereocenters. The van der Waals surface area contributed by atoms with E-state index in [1.165, 1.54) is 0 Å². The van der Waals surface area contributed by atoms with Gasteiger partial charge in [0.25, 0.3) is 11.8 Å². The van der Waals surface area contributed by atoms with E-state index < -0.39 is 0 Å². The highest BCUT2D eigenvalue weighted by molar-refractivity contribution is 6.05. The number of benzene rings is 4. The summed E-state index contributed by atoms with van der Waals surface area (Å²) in [4.78, 5) is 25.2. The molecular weight excluding hydrogens is 408 g/mol. The molecule has 1 aliphatic carbocycles. The highest BCUT2D eigenvalue weighted by Crippen LogP contribution is 2.39. The number of hydrogen-bond donors (Lipinski definition) is 2. The number of nitrogens with one attached hydrogen (secondary N) is 2. The van der Waals surface area contributed by atoms with Crippen molar-refractivity contribution >= 4 is 23.2 Å². The van der Waals surface area contributed by atoms with E-state index in [4.69, 9.17) is 0 Å². The molecule has 5 rings (SSSR count). The Morgan fingerprint density at radius 3 is 1.36 bits per heavy atom. The van der Waals surface area contributed by atoms with E-state index >= 15 is 0 Å². The third kappa shape index (κ3) is 4.28. The van der Waals surface area contributed by atoms with Gasteiger partial charge in [0.05, 0.1) is 0 Å². The summed E-state index contributed by atoms with van der Waals surface area (Å²) in [7, 11) is 0. The minimum atomic E-state index is -0.119. The lowest BCUT2D eigenvalue weighted by atomic mass is 10.0. The second kappa shape index (κ2) is 8.40. The smallest absolute Gasteiger partial charge is 0.255 e. The summed E-state index contributed by atoms with van der Waals surface area (Å²) in [5, 5.41) is 6.00. The molecular formula is C29H24N2O2. The number of aryl methyl sites for hydroxylation is 2. The molecule has 4 heteroatoms. The number of hydrogen-bond acceptors (Lipinski definition) is 2. The number of rotatable bonds is 4. The third-order valence-corrected chi connectivity index (χ3v) is 6.02. The topological polar surface area (TPSA) is 58.2 Å². The van der Waals surface area contributed by atoms with Crippen molar-refractivity contribution in [3.63, 3.8) is 0 Å². The van der Waals surface area contributed by atoms with Crippen molar-refractivity contribution in [2.24, 2.45) is 0 Å². The first kappa shape index (κ1) is 20.7. The fraction of sp³-hybridized carbons (Fsp3) is 0.103. The average Bonchev–Trinajstić information content (AvgIpc) is 3.16. The van der Waals surface area contributed by atoms with Gasteiger partial charge in [-0.1, -0.05) is 47.5 Å². The molecule has 4 aromatic rings. The molecule has 0 aliphatic heterocycles. The number of carbonyl (C=O) groups excluding carboxylic acids is 2. The quantitative estimate of drug-likeness (QED) is 0.346. The van der Waals surface area contributed by atoms with Crippen LogP contribution < -0.4 is 10.6 Å². The SMILES string of the molecule is Cc1ccc(C(=O)Nc2ccc3c(c2)Cc2cc(NC(=O)c4ccc(C)cc4)ccc2-3)cc1. The zero-order valence-corrected chi connectivity index (χ0v) is 18.6. The Bertz CT molecular complexity index is 1260. The number of carbonyl (C=O) groups is 2. The predicted molar refractivity (Wildman–Crippen MR) is 133 cm³/mol. The minimum Gasteiger partial charge on any atom is -0.322 e. The molecule has 33 heavy (non-hydrogen) atoms. The van der Waals surface area contributed by atoms with Crippen LogP contribution in [0.3, 0.4) is 0 Å². The standard InChI is InChI=1S/C29H24N2O2/c1-18-3-7-20(8-4-18)28(32)30-24-11-13-26-22(16-24)15-23-17-25(12-14-27(23)26)31-29(33)21-9-5-19(2)6-10-21/h3-14,16-17H,15H2,1-2H3,(H,30,32)(H,31,33). The Balaban J connectivity index is 1.31. The molecule has 4 aromatic carbocycles. The Labute approximate surface area is 193 Å². The van der Waals surface area contributed by atoms with Gasteiger partial charge < -0.3 is 10.6 Å². The van der Waals surface area contributed by atoms with Gasteiger partial charge in [-0.3, -0.25) is 9.59 Å². The number of amides is 2. The molecule has 0 unspecified atom stereocenters. The maximum Gasteiger partial charge on any atom is 0.255 e. The molecule has 0 saturated heterocycles. The van der Waals surface area contributed by atoms with E-state index in [0.29, 0.717) is 11.1 Å². The minimum absolute atomic E-state index is 0.119. The molecule has 1 aliphatic rings. The van der Waals surface area contributed by atoms with Crippen LogP contribution in [0, 0.1) is 13.8 Å². The fourth-order valence-corrected chi connectivity index (χ4v) is 4.18. The highest BCUT2D eigenvalue weighted by atomic mass is 16.2. The lowest BCUT2D eigenvalue weighted by molar-refractivity contribution is 0.101. The van der Waals surface area contributed by atoms with Crippen molar-refractivity contribution in [3.8, 4) is 11.1 Å². The second-order valence-electron chi connectivity index (χ2n) is 8.56. The fourth-order valence-electron chi connectivity index (χ4n) is 4.18. The Kier molecular flexibility index (Phi) is 5.27. The molecule has 0 fully saturated rings. The van der Waals surface area contributed by atoms with Crippen LogP contribution in [0.15, 0.2) is 84.9 Å². The largest absolute Gasteiger partial charge is 0.322 e. The molecule has 4 nitrogen and oxygen atoms in total. The van der Waals surface area contributed by atoms with Crippen LogP contribution in [0.25, 0.3) is 11.1 Å². The van der Waals surface area contributed by atoms with Crippen molar-refractivity contribution in [2.75, 3.05) is 10.6 Å². The zero-order valence-electron chi connectivity index (χ0n) is 18.6. The van der Waals surface area contributed by atoms with Crippen molar-refractivity contribution < 1.29 is 9.59 Å². The van der Waals surface area contributed by atoms with Crippen LogP contribution in [-0.2, 0) is 6.42 Å². The molecule has 0 bridgehead atoms. The van der Waals surface area contributed by atoms with Crippen LogP contribution in [0.2, 0.25) is 0 Å². The van der Waals surface area contributed by atoms with Crippen molar-refractivity contribution in [1.29, 1.82) is 0 Å². The zero-order chi connectivity index (χ0) is 22.9. The molecule has 0 radical (unpaired) electrons. The maximum absolute atomic E-state index is 12.6. The first-order valence-corrected chi connectivity index (χ1v) is 11.0. The summed E-state index contributed by atoms with van der Waals surface area (Å²) in [6.07, 6.45) is 0.757. The van der Waals surface area contributed by atoms with Crippen LogP contribution in [-0.4, -0.2) is 11.8 Å². The maximum atomic E-state index is 12.6. The van der Waals surface area contributed by atoms with E-state index in [1.54, 1.807) is 0 Å². The molecule has 0 heterocycles. The summed E-state index contributed by atoms with van der Waals surface area (Å²) in [6.45, 7) is 4.00. The van der Waals surface area contributed by atoms with E-state index in [9.17, 15) is 9.59 Å². The van der Waals surface area contributed by atoms with Crippen molar-refractivity contribution in [2.45, 2.75) is 20.3 Å². The lowest BCUT2D eigenvalue weighted by Gasteiger charge is -2.09. The third-order valence-electron chi connectivity index (χ3n) is 6.02. The molecule has 2 N–H and O–H groups in total. The monoisotopic (exact) mass is 432 g/mol. The van der Waals surface area contributed by atoms with Gasteiger partial charge >= 0.3 is 0 Å². The van der Waals surface area contributed by atoms with E-state index in [0.717, 1.165) is 51.2 Å². The van der Waals surface area contributed by atoms with E-state index in [1.807, 2.05) is 86.6 Å². The van der Waals surface area contributed by atoms with Gasteiger partial charge in [-0.2, -0.15) is 0 Å². The van der Waals surface area contributed by atoms with Crippen LogP contribution in [0.1, 0.15) is 43.0 Å². The first-order chi connectivity index (χ1) is 16.0. The van der Waals surface area contributed by atoms with Crippen LogP contribution >= 0.6 is 0 Å². The van der Waals surface area contributed by atoms with Crippen molar-refractivity contribution in [1.82, 2.24) is 0 Å². The molecule has 0 spiro atoms. The van der Waals surface area contributed by atoms with Gasteiger partial charge in [-0.25, -0.2) is 0 Å². The summed E-state index contributed by atoms with van der Waals surface area (Å²) in [5.41, 5.74) is 9.72. The van der Waals surface area contributed by atoms with Gasteiger partial charge in [-0.15, -0.1) is 0 Å². The lowest BCUT2D eigenvalue weighted by Crippen LogP contribution is -2.11. The molecule has 162 valence electrons. The van der Waals surface area contributed by atoms with Gasteiger partial charge in [0.1, 0.15) is 0 Å². The Morgan fingerprint density at radius 2 is 0.970 bits per heavy atom. The molecule has 0 saturated carbocycles. The molecule has 2 amide bonds. The average molecular weight is 433 g/mol. The van der Waals surface area contributed by atoms with E-state index in [-0.39, 0.29) is 11.8 Å². The predicted octanol–water partition coefficient (Wildman–Crippen LogP) is 6.38. The molecule has 0 aromatic heterocycles. The number of anilines is 2. The summed E-state index contributed by atoms with van der Waals surface area (Å²) in [6, 6.07) is 27.1. The normalized spacial score (nSPS) is 11.5. The summed E-state index contributed by atoms with van der Waals surface area (Å²) < 4.78 is 0. The first-order valence-electron chi connectivity index (χ1n) is 11.0. The summed E-state index contributed by atoms with van der Waals surface area (Å²) >= 11 is 0. The highest BCUT2D eigenvalue weighted by Gasteiger charge is 2.20.